The van der Waals surface area contributed by atoms with Gasteiger partial charge < -0.3 is 14.8 Å². The van der Waals surface area contributed by atoms with Crippen LogP contribution >= 0.6 is 0 Å². The van der Waals surface area contributed by atoms with Crippen LogP contribution in [0.1, 0.15) is 52.5 Å². The number of unbranched alkanes of at least 4 members (excludes halogenated alkanes) is 1. The van der Waals surface area contributed by atoms with Crippen molar-refractivity contribution in [2.45, 2.75) is 59.5 Å². The molecule has 1 unspecified atom stereocenters. The van der Waals surface area contributed by atoms with Crippen LogP contribution < -0.4 is 19.7 Å². The number of anilines is 1. The minimum absolute atomic E-state index is 0.0735. The fourth-order valence-corrected chi connectivity index (χ4v) is 4.32. The molecule has 3 aromatic rings. The molecule has 1 aromatic heterocycles. The number of aromatic nitrogens is 1. The number of carbonyl (C=O) groups excluding carboxylic acids is 2. The third-order valence-corrected chi connectivity index (χ3v) is 7.25. The molecule has 2 aromatic carbocycles. The maximum Gasteiger partial charge on any atom is 0.322 e. The Morgan fingerprint density at radius 3 is 2.54 bits per heavy atom. The Morgan fingerprint density at radius 1 is 1.08 bits per heavy atom. The monoisotopic (exact) mass is 529 g/mol. The Kier molecular flexibility index (Phi) is 9.23. The summed E-state index contributed by atoms with van der Waals surface area (Å²) in [4.78, 5) is 31.1. The molecule has 0 spiro atoms. The van der Waals surface area contributed by atoms with Crippen molar-refractivity contribution in [3.63, 3.8) is 0 Å². The first-order chi connectivity index (χ1) is 18.8. The number of Topliss-reactive ketones (excluding diaryl/α,β-unsaturated/α-hetero) is 1. The van der Waals surface area contributed by atoms with Gasteiger partial charge in [-0.2, -0.15) is 0 Å². The van der Waals surface area contributed by atoms with Crippen LogP contribution in [0.2, 0.25) is 0 Å². The van der Waals surface area contributed by atoms with Crippen LogP contribution in [0.4, 0.5) is 10.5 Å². The standard InChI is InChI=1S/C32H39N3O4/c1-5-27-21-35(31(37)33-18-10-9-13-24-11-7-6-8-12-24)28-16-14-25(19-29(28)39-27)26-15-17-30(34-20-26)38-22-32(3,4)23(2)36/h6-8,11-12,14-17,19-20,27H,5,9-10,13,18,21-22H2,1-4H3,(H,33,37). The molecule has 1 N–H and O–H groups in total. The number of rotatable bonds is 11. The lowest BCUT2D eigenvalue weighted by Gasteiger charge is -2.35. The van der Waals surface area contributed by atoms with E-state index in [0.717, 1.165) is 42.5 Å². The normalized spacial score (nSPS) is 14.8. The smallest absolute Gasteiger partial charge is 0.322 e. The van der Waals surface area contributed by atoms with Crippen LogP contribution in [0, 0.1) is 5.41 Å². The molecule has 2 amide bonds. The van der Waals surface area contributed by atoms with Gasteiger partial charge in [0.2, 0.25) is 5.88 Å². The average molecular weight is 530 g/mol. The van der Waals surface area contributed by atoms with E-state index in [9.17, 15) is 9.59 Å². The van der Waals surface area contributed by atoms with Crippen LogP contribution in [0.25, 0.3) is 11.1 Å². The molecule has 7 heteroatoms. The highest BCUT2D eigenvalue weighted by molar-refractivity contribution is 5.94. The lowest BCUT2D eigenvalue weighted by atomic mass is 9.90. The van der Waals surface area contributed by atoms with Gasteiger partial charge >= 0.3 is 6.03 Å². The van der Waals surface area contributed by atoms with Gasteiger partial charge in [0.15, 0.2) is 0 Å². The van der Waals surface area contributed by atoms with E-state index in [-0.39, 0.29) is 24.5 Å². The van der Waals surface area contributed by atoms with Gasteiger partial charge in [0.25, 0.3) is 0 Å². The van der Waals surface area contributed by atoms with Crippen molar-refractivity contribution >= 4 is 17.5 Å². The summed E-state index contributed by atoms with van der Waals surface area (Å²) in [6.07, 6.45) is 5.43. The van der Waals surface area contributed by atoms with Gasteiger partial charge in [-0.15, -0.1) is 0 Å². The second kappa shape index (κ2) is 12.8. The number of amides is 2. The summed E-state index contributed by atoms with van der Waals surface area (Å²) in [5.74, 6) is 1.23. The lowest BCUT2D eigenvalue weighted by Crippen LogP contribution is -2.48. The largest absolute Gasteiger partial charge is 0.486 e. The predicted molar refractivity (Wildman–Crippen MR) is 154 cm³/mol. The number of benzene rings is 2. The molecule has 1 aliphatic rings. The molecule has 0 saturated carbocycles. The Morgan fingerprint density at radius 2 is 1.85 bits per heavy atom. The zero-order valence-electron chi connectivity index (χ0n) is 23.4. The number of ketones is 1. The van der Waals surface area contributed by atoms with Crippen LogP contribution in [0.15, 0.2) is 66.9 Å². The van der Waals surface area contributed by atoms with E-state index in [0.29, 0.717) is 24.7 Å². The first-order valence-electron chi connectivity index (χ1n) is 13.8. The molecule has 1 atom stereocenters. The van der Waals surface area contributed by atoms with Crippen molar-refractivity contribution in [3.8, 4) is 22.8 Å². The third-order valence-electron chi connectivity index (χ3n) is 7.25. The van der Waals surface area contributed by atoms with Gasteiger partial charge in [0.1, 0.15) is 24.2 Å². The molecular formula is C32H39N3O4. The zero-order chi connectivity index (χ0) is 27.8. The number of pyridine rings is 1. The number of fused-ring (bicyclic) bond motifs is 1. The van der Waals surface area contributed by atoms with Crippen LogP contribution in [0.5, 0.6) is 11.6 Å². The van der Waals surface area contributed by atoms with Crippen molar-refractivity contribution in [2.24, 2.45) is 5.41 Å². The molecule has 7 nitrogen and oxygen atoms in total. The first kappa shape index (κ1) is 28.1. The molecule has 0 radical (unpaired) electrons. The van der Waals surface area contributed by atoms with Gasteiger partial charge in [-0.25, -0.2) is 9.78 Å². The van der Waals surface area contributed by atoms with Gasteiger partial charge in [-0.1, -0.05) is 43.3 Å². The van der Waals surface area contributed by atoms with Crippen LogP contribution in [0.3, 0.4) is 0 Å². The average Bonchev–Trinajstić information content (AvgIpc) is 2.95. The first-order valence-corrected chi connectivity index (χ1v) is 13.8. The van der Waals surface area contributed by atoms with Crippen molar-refractivity contribution < 1.29 is 19.1 Å². The molecule has 1 aliphatic heterocycles. The van der Waals surface area contributed by atoms with Crippen molar-refractivity contribution in [2.75, 3.05) is 24.6 Å². The molecule has 2 heterocycles. The second-order valence-corrected chi connectivity index (χ2v) is 10.7. The molecule has 0 aliphatic carbocycles. The van der Waals surface area contributed by atoms with Crippen molar-refractivity contribution in [1.29, 1.82) is 0 Å². The zero-order valence-corrected chi connectivity index (χ0v) is 23.4. The maximum absolute atomic E-state index is 13.1. The third kappa shape index (κ3) is 7.37. The number of nitrogens with one attached hydrogen (secondary N) is 1. The molecule has 0 saturated heterocycles. The van der Waals surface area contributed by atoms with E-state index in [4.69, 9.17) is 9.47 Å². The van der Waals surface area contributed by atoms with E-state index >= 15 is 0 Å². The Labute approximate surface area is 231 Å². The van der Waals surface area contributed by atoms with Crippen molar-refractivity contribution in [3.05, 3.63) is 72.4 Å². The molecule has 206 valence electrons. The minimum Gasteiger partial charge on any atom is -0.486 e. The van der Waals surface area contributed by atoms with E-state index in [1.165, 1.54) is 5.56 Å². The summed E-state index contributed by atoms with van der Waals surface area (Å²) in [6, 6.07) is 19.9. The van der Waals surface area contributed by atoms with Gasteiger partial charge in [0, 0.05) is 24.4 Å². The highest BCUT2D eigenvalue weighted by Gasteiger charge is 2.29. The van der Waals surface area contributed by atoms with E-state index < -0.39 is 5.41 Å². The SMILES string of the molecule is CCC1CN(C(=O)NCCCCc2ccccc2)c2ccc(-c3ccc(OCC(C)(C)C(C)=O)nc3)cc2O1. The number of ether oxygens (including phenoxy) is 2. The summed E-state index contributed by atoms with van der Waals surface area (Å²) in [7, 11) is 0. The number of carbonyl (C=O) groups is 2. The topological polar surface area (TPSA) is 80.8 Å². The number of aryl methyl sites for hydroxylation is 1. The van der Waals surface area contributed by atoms with Gasteiger partial charge in [0.05, 0.1) is 17.6 Å². The summed E-state index contributed by atoms with van der Waals surface area (Å²) >= 11 is 0. The summed E-state index contributed by atoms with van der Waals surface area (Å²) < 4.78 is 12.0. The van der Waals surface area contributed by atoms with Gasteiger partial charge in [-0.05, 0) is 75.8 Å². The maximum atomic E-state index is 13.1. The second-order valence-electron chi connectivity index (χ2n) is 10.7. The highest BCUT2D eigenvalue weighted by atomic mass is 16.5. The molecule has 4 rings (SSSR count). The minimum atomic E-state index is -0.563. The fraction of sp³-hybridized carbons (Fsp3) is 0.406. The fourth-order valence-electron chi connectivity index (χ4n) is 4.32. The summed E-state index contributed by atoms with van der Waals surface area (Å²) in [5.41, 5.74) is 3.38. The Balaban J connectivity index is 1.38. The Bertz CT molecular complexity index is 1260. The van der Waals surface area contributed by atoms with E-state index in [1.54, 1.807) is 24.1 Å². The van der Waals surface area contributed by atoms with E-state index in [1.807, 2.05) is 44.2 Å². The lowest BCUT2D eigenvalue weighted by molar-refractivity contribution is -0.126. The predicted octanol–water partition coefficient (Wildman–Crippen LogP) is 6.45. The summed E-state index contributed by atoms with van der Waals surface area (Å²) in [6.45, 7) is 8.77. The van der Waals surface area contributed by atoms with E-state index in [2.05, 4.69) is 41.5 Å². The number of urea groups is 1. The molecule has 0 bridgehead atoms. The van der Waals surface area contributed by atoms with Crippen LogP contribution in [-0.4, -0.2) is 42.6 Å². The molecule has 0 fully saturated rings. The molecular weight excluding hydrogens is 490 g/mol. The Hall–Kier alpha value is -3.87. The van der Waals surface area contributed by atoms with Crippen molar-refractivity contribution in [1.82, 2.24) is 10.3 Å². The highest BCUT2D eigenvalue weighted by Crippen LogP contribution is 2.38. The summed E-state index contributed by atoms with van der Waals surface area (Å²) in [5, 5.41) is 3.09. The van der Waals surface area contributed by atoms with Crippen LogP contribution in [-0.2, 0) is 11.2 Å². The van der Waals surface area contributed by atoms with Gasteiger partial charge in [-0.3, -0.25) is 9.69 Å². The quantitative estimate of drug-likeness (QED) is 0.289. The number of hydrogen-bond donors (Lipinski definition) is 1. The number of nitrogens with zero attached hydrogens (tertiary/aromatic N) is 2. The molecule has 39 heavy (non-hydrogen) atoms. The number of hydrogen-bond acceptors (Lipinski definition) is 5.